The standard InChI is InChI=1S/C17H20BrNO3/c1-12-8-15(17(18,11-20)9-13(12)2)19-16(21)22-10-14-6-4-3-5-7-14/h3-8,11,13,15H,9-10H2,1-2H3,(H,19,21)/t13-,15-,17+/m0/s1. The molecule has 0 saturated heterocycles. The highest BCUT2D eigenvalue weighted by Gasteiger charge is 2.41. The third kappa shape index (κ3) is 3.97. The Morgan fingerprint density at radius 3 is 2.77 bits per heavy atom. The predicted octanol–water partition coefficient (Wildman–Crippen LogP) is 3.60. The molecule has 0 aliphatic heterocycles. The van der Waals surface area contributed by atoms with Crippen LogP contribution in [-0.4, -0.2) is 22.7 Å². The zero-order valence-corrected chi connectivity index (χ0v) is 14.3. The Hall–Kier alpha value is -1.62. The van der Waals surface area contributed by atoms with Crippen LogP contribution in [0, 0.1) is 5.92 Å². The molecule has 1 aromatic rings. The van der Waals surface area contributed by atoms with Gasteiger partial charge in [-0.25, -0.2) is 4.79 Å². The molecule has 22 heavy (non-hydrogen) atoms. The minimum Gasteiger partial charge on any atom is -0.445 e. The van der Waals surface area contributed by atoms with Gasteiger partial charge < -0.3 is 14.8 Å². The van der Waals surface area contributed by atoms with Crippen molar-refractivity contribution >= 4 is 28.3 Å². The maximum Gasteiger partial charge on any atom is 0.407 e. The van der Waals surface area contributed by atoms with Gasteiger partial charge in [-0.05, 0) is 24.8 Å². The number of hydrogen-bond acceptors (Lipinski definition) is 3. The number of nitrogens with one attached hydrogen (secondary N) is 1. The number of hydrogen-bond donors (Lipinski definition) is 1. The Kier molecular flexibility index (Phi) is 5.40. The summed E-state index contributed by atoms with van der Waals surface area (Å²) in [6.07, 6.45) is 2.89. The molecule has 1 aliphatic rings. The Labute approximate surface area is 139 Å². The van der Waals surface area contributed by atoms with E-state index in [-0.39, 0.29) is 6.61 Å². The fourth-order valence-corrected chi connectivity index (χ4v) is 3.23. The van der Waals surface area contributed by atoms with E-state index in [1.54, 1.807) is 0 Å². The Morgan fingerprint density at radius 2 is 2.14 bits per heavy atom. The molecule has 3 atom stereocenters. The zero-order chi connectivity index (χ0) is 16.2. The number of benzene rings is 1. The molecular formula is C17H20BrNO3. The lowest BCUT2D eigenvalue weighted by atomic mass is 9.80. The molecule has 0 unspecified atom stereocenters. The molecular weight excluding hydrogens is 346 g/mol. The van der Waals surface area contributed by atoms with Gasteiger partial charge in [-0.15, -0.1) is 0 Å². The average molecular weight is 366 g/mol. The number of carbonyl (C=O) groups excluding carboxylic acids is 2. The van der Waals surface area contributed by atoms with Crippen LogP contribution in [0.3, 0.4) is 0 Å². The number of alkyl halides is 1. The van der Waals surface area contributed by atoms with Gasteiger partial charge in [0.25, 0.3) is 0 Å². The third-order valence-corrected chi connectivity index (χ3v) is 5.03. The van der Waals surface area contributed by atoms with Crippen molar-refractivity contribution in [3.05, 3.63) is 47.5 Å². The van der Waals surface area contributed by atoms with Crippen LogP contribution in [0.1, 0.15) is 25.8 Å². The third-order valence-electron chi connectivity index (χ3n) is 4.02. The summed E-state index contributed by atoms with van der Waals surface area (Å²) in [5, 5.41) is 2.77. The highest BCUT2D eigenvalue weighted by Crippen LogP contribution is 2.37. The van der Waals surface area contributed by atoms with Gasteiger partial charge in [-0.1, -0.05) is 64.8 Å². The number of halogens is 1. The van der Waals surface area contributed by atoms with Crippen LogP contribution in [0.4, 0.5) is 4.79 Å². The van der Waals surface area contributed by atoms with Gasteiger partial charge in [-0.3, -0.25) is 0 Å². The number of alkyl carbamates (subject to hydrolysis) is 1. The fourth-order valence-electron chi connectivity index (χ4n) is 2.50. The molecule has 1 amide bonds. The van der Waals surface area contributed by atoms with Gasteiger partial charge in [0.05, 0.1) is 6.04 Å². The monoisotopic (exact) mass is 365 g/mol. The van der Waals surface area contributed by atoms with Crippen LogP contribution in [-0.2, 0) is 16.1 Å². The van der Waals surface area contributed by atoms with E-state index >= 15 is 0 Å². The average Bonchev–Trinajstić information content (AvgIpc) is 2.52. The molecule has 2 rings (SSSR count). The minimum atomic E-state index is -0.780. The molecule has 0 saturated carbocycles. The number of amides is 1. The van der Waals surface area contributed by atoms with Crippen molar-refractivity contribution in [2.45, 2.75) is 37.2 Å². The van der Waals surface area contributed by atoms with Gasteiger partial charge >= 0.3 is 6.09 Å². The normalized spacial score (nSPS) is 27.7. The zero-order valence-electron chi connectivity index (χ0n) is 12.7. The second-order valence-electron chi connectivity index (χ2n) is 5.74. The van der Waals surface area contributed by atoms with E-state index in [0.29, 0.717) is 12.3 Å². The van der Waals surface area contributed by atoms with E-state index in [0.717, 1.165) is 17.4 Å². The molecule has 118 valence electrons. The first kappa shape index (κ1) is 16.7. The molecule has 0 fully saturated rings. The summed E-state index contributed by atoms with van der Waals surface area (Å²) in [5.74, 6) is 0.294. The van der Waals surface area contributed by atoms with Gasteiger partial charge in [0.1, 0.15) is 17.2 Å². The number of ether oxygens (including phenoxy) is 1. The second kappa shape index (κ2) is 7.09. The molecule has 0 radical (unpaired) electrons. The molecule has 1 aromatic carbocycles. The minimum absolute atomic E-state index is 0.203. The van der Waals surface area contributed by atoms with Crippen molar-refractivity contribution in [1.82, 2.24) is 5.32 Å². The van der Waals surface area contributed by atoms with Crippen molar-refractivity contribution in [2.24, 2.45) is 5.92 Å². The van der Waals surface area contributed by atoms with E-state index < -0.39 is 16.5 Å². The first-order valence-corrected chi connectivity index (χ1v) is 8.04. The van der Waals surface area contributed by atoms with E-state index in [4.69, 9.17) is 4.74 Å². The number of aldehydes is 1. The van der Waals surface area contributed by atoms with Crippen molar-refractivity contribution in [3.8, 4) is 0 Å². The summed E-state index contributed by atoms with van der Waals surface area (Å²) in [6, 6.07) is 9.05. The van der Waals surface area contributed by atoms with Gasteiger partial charge in [0.2, 0.25) is 0 Å². The summed E-state index contributed by atoms with van der Waals surface area (Å²) >= 11 is 3.47. The molecule has 0 spiro atoms. The molecule has 1 aliphatic carbocycles. The summed E-state index contributed by atoms with van der Waals surface area (Å²) < 4.78 is 4.43. The Bertz CT molecular complexity index is 573. The van der Waals surface area contributed by atoms with E-state index in [2.05, 4.69) is 28.2 Å². The SMILES string of the molecule is CC1=C[C@H](NC(=O)OCc2ccccc2)[C@](Br)(C=O)C[C@@H]1C. The Balaban J connectivity index is 1.98. The van der Waals surface area contributed by atoms with Crippen LogP contribution in [0.5, 0.6) is 0 Å². The fraction of sp³-hybridized carbons (Fsp3) is 0.412. The lowest BCUT2D eigenvalue weighted by Gasteiger charge is -2.36. The summed E-state index contributed by atoms with van der Waals surface area (Å²) in [6.45, 7) is 4.27. The first-order valence-electron chi connectivity index (χ1n) is 7.25. The lowest BCUT2D eigenvalue weighted by Crippen LogP contribution is -2.52. The van der Waals surface area contributed by atoms with E-state index in [1.165, 1.54) is 0 Å². The summed E-state index contributed by atoms with van der Waals surface area (Å²) in [7, 11) is 0. The molecule has 4 nitrogen and oxygen atoms in total. The number of carbonyl (C=O) groups is 2. The maximum absolute atomic E-state index is 12.0. The Morgan fingerprint density at radius 1 is 1.45 bits per heavy atom. The van der Waals surface area contributed by atoms with Gasteiger partial charge in [0, 0.05) is 0 Å². The predicted molar refractivity (Wildman–Crippen MR) is 88.8 cm³/mol. The second-order valence-corrected chi connectivity index (χ2v) is 7.22. The van der Waals surface area contributed by atoms with Crippen LogP contribution in [0.2, 0.25) is 0 Å². The molecule has 5 heteroatoms. The molecule has 0 heterocycles. The van der Waals surface area contributed by atoms with E-state index in [9.17, 15) is 9.59 Å². The summed E-state index contributed by atoms with van der Waals surface area (Å²) in [4.78, 5) is 23.4. The van der Waals surface area contributed by atoms with Crippen LogP contribution in [0.25, 0.3) is 0 Å². The largest absolute Gasteiger partial charge is 0.445 e. The van der Waals surface area contributed by atoms with Crippen LogP contribution < -0.4 is 5.32 Å². The molecule has 1 N–H and O–H groups in total. The highest BCUT2D eigenvalue weighted by molar-refractivity contribution is 9.10. The topological polar surface area (TPSA) is 55.4 Å². The smallest absolute Gasteiger partial charge is 0.407 e. The molecule has 0 aromatic heterocycles. The van der Waals surface area contributed by atoms with Crippen molar-refractivity contribution < 1.29 is 14.3 Å². The highest BCUT2D eigenvalue weighted by atomic mass is 79.9. The first-order chi connectivity index (χ1) is 10.4. The van der Waals surface area contributed by atoms with E-state index in [1.807, 2.05) is 43.3 Å². The van der Waals surface area contributed by atoms with Gasteiger partial charge in [0.15, 0.2) is 0 Å². The van der Waals surface area contributed by atoms with Gasteiger partial charge in [-0.2, -0.15) is 0 Å². The van der Waals surface area contributed by atoms with Crippen molar-refractivity contribution in [3.63, 3.8) is 0 Å². The maximum atomic E-state index is 12.0. The van der Waals surface area contributed by atoms with Crippen molar-refractivity contribution in [2.75, 3.05) is 0 Å². The van der Waals surface area contributed by atoms with Crippen molar-refractivity contribution in [1.29, 1.82) is 0 Å². The lowest BCUT2D eigenvalue weighted by molar-refractivity contribution is -0.110. The number of allylic oxidation sites excluding steroid dienone is 1. The number of rotatable bonds is 4. The van der Waals surface area contributed by atoms with Crippen LogP contribution in [0.15, 0.2) is 42.0 Å². The summed E-state index contributed by atoms with van der Waals surface area (Å²) in [5.41, 5.74) is 2.08. The molecule has 0 bridgehead atoms. The quantitative estimate of drug-likeness (QED) is 0.503. The van der Waals surface area contributed by atoms with Crippen LogP contribution >= 0.6 is 15.9 Å².